The Morgan fingerprint density at radius 3 is 2.38 bits per heavy atom. The summed E-state index contributed by atoms with van der Waals surface area (Å²) in [6.45, 7) is 1.86. The highest BCUT2D eigenvalue weighted by Crippen LogP contribution is 2.39. The van der Waals surface area contributed by atoms with Crippen LogP contribution >= 0.6 is 15.9 Å². The smallest absolute Gasteiger partial charge is 0.305 e. The molecule has 0 aromatic heterocycles. The van der Waals surface area contributed by atoms with E-state index in [1.165, 1.54) is 0 Å². The van der Waals surface area contributed by atoms with Gasteiger partial charge in [-0.3, -0.25) is 9.69 Å². The Kier molecular flexibility index (Phi) is 5.47. The van der Waals surface area contributed by atoms with Crippen LogP contribution in [-0.2, 0) is 4.79 Å². The number of benzene rings is 1. The highest BCUT2D eigenvalue weighted by Gasteiger charge is 2.28. The molecule has 1 N–H and O–H groups in total. The molecule has 1 aliphatic rings. The maximum atomic E-state index is 11.2. The lowest BCUT2D eigenvalue weighted by molar-refractivity contribution is -0.138. The summed E-state index contributed by atoms with van der Waals surface area (Å²) in [7, 11) is 3.16. The van der Waals surface area contributed by atoms with Crippen LogP contribution in [0.1, 0.15) is 30.9 Å². The second kappa shape index (κ2) is 7.13. The fraction of sp³-hybridized carbons (Fsp3) is 0.533. The van der Waals surface area contributed by atoms with Gasteiger partial charge in [0.1, 0.15) is 0 Å². The molecular weight excluding hydrogens is 338 g/mol. The summed E-state index contributed by atoms with van der Waals surface area (Å²) in [5.74, 6) is 0.447. The molecule has 1 fully saturated rings. The molecule has 1 heterocycles. The average Bonchev–Trinajstić information content (AvgIpc) is 2.98. The number of carboxylic acids is 1. The Labute approximate surface area is 133 Å². The van der Waals surface area contributed by atoms with Crippen molar-refractivity contribution in [2.75, 3.05) is 27.3 Å². The molecule has 1 saturated heterocycles. The zero-order chi connectivity index (χ0) is 15.4. The van der Waals surface area contributed by atoms with Gasteiger partial charge in [-0.25, -0.2) is 0 Å². The van der Waals surface area contributed by atoms with E-state index in [2.05, 4.69) is 20.8 Å². The highest BCUT2D eigenvalue weighted by atomic mass is 79.9. The molecule has 1 aromatic carbocycles. The number of likely N-dealkylation sites (tertiary alicyclic amines) is 1. The van der Waals surface area contributed by atoms with E-state index in [0.29, 0.717) is 11.5 Å². The first kappa shape index (κ1) is 16.1. The molecule has 116 valence electrons. The van der Waals surface area contributed by atoms with Crippen molar-refractivity contribution in [3.8, 4) is 11.5 Å². The molecule has 0 amide bonds. The third-order valence-electron chi connectivity index (χ3n) is 3.81. The van der Waals surface area contributed by atoms with E-state index in [1.54, 1.807) is 14.2 Å². The zero-order valence-electron chi connectivity index (χ0n) is 12.3. The Morgan fingerprint density at radius 1 is 1.29 bits per heavy atom. The van der Waals surface area contributed by atoms with Crippen LogP contribution in [-0.4, -0.2) is 43.3 Å². The van der Waals surface area contributed by atoms with Crippen LogP contribution in [0.25, 0.3) is 0 Å². The molecular formula is C15H20BrNO4. The molecule has 0 spiro atoms. The minimum atomic E-state index is -0.798. The summed E-state index contributed by atoms with van der Waals surface area (Å²) in [6, 6.07) is 3.55. The number of halogens is 1. The molecule has 2 rings (SSSR count). The Hall–Kier alpha value is -1.27. The monoisotopic (exact) mass is 357 g/mol. The van der Waals surface area contributed by atoms with Gasteiger partial charge < -0.3 is 14.6 Å². The van der Waals surface area contributed by atoms with Gasteiger partial charge in [-0.05, 0) is 43.6 Å². The summed E-state index contributed by atoms with van der Waals surface area (Å²) in [6.07, 6.45) is 2.30. The van der Waals surface area contributed by atoms with Crippen molar-refractivity contribution >= 4 is 21.9 Å². The van der Waals surface area contributed by atoms with Crippen LogP contribution in [0.2, 0.25) is 0 Å². The molecule has 0 bridgehead atoms. The van der Waals surface area contributed by atoms with Gasteiger partial charge in [0.25, 0.3) is 0 Å². The molecule has 0 radical (unpaired) electrons. The summed E-state index contributed by atoms with van der Waals surface area (Å²) in [4.78, 5) is 13.5. The minimum Gasteiger partial charge on any atom is -0.493 e. The zero-order valence-corrected chi connectivity index (χ0v) is 13.9. The summed E-state index contributed by atoms with van der Waals surface area (Å²) < 4.78 is 11.5. The number of rotatable bonds is 6. The number of nitrogens with zero attached hydrogens (tertiary/aromatic N) is 1. The maximum Gasteiger partial charge on any atom is 0.305 e. The van der Waals surface area contributed by atoms with Crippen molar-refractivity contribution < 1.29 is 19.4 Å². The van der Waals surface area contributed by atoms with Crippen molar-refractivity contribution in [2.24, 2.45) is 0 Å². The molecule has 0 aliphatic carbocycles. The van der Waals surface area contributed by atoms with Crippen molar-refractivity contribution in [1.82, 2.24) is 4.90 Å². The molecule has 1 aliphatic heterocycles. The maximum absolute atomic E-state index is 11.2. The van der Waals surface area contributed by atoms with Gasteiger partial charge in [0.2, 0.25) is 0 Å². The Balaban J connectivity index is 2.40. The van der Waals surface area contributed by atoms with Crippen LogP contribution < -0.4 is 9.47 Å². The minimum absolute atomic E-state index is 0.0775. The van der Waals surface area contributed by atoms with Crippen LogP contribution in [0.15, 0.2) is 16.6 Å². The molecule has 1 aromatic rings. The quantitative estimate of drug-likeness (QED) is 0.847. The van der Waals surface area contributed by atoms with Crippen molar-refractivity contribution in [3.05, 3.63) is 22.2 Å². The topological polar surface area (TPSA) is 59.0 Å². The standard InChI is InChI=1S/C15H20BrNO4/c1-20-13-7-10(11(16)8-14(13)21-2)12(9-15(18)19)17-5-3-4-6-17/h7-8,12H,3-6,9H2,1-2H3,(H,18,19). The van der Waals surface area contributed by atoms with E-state index in [0.717, 1.165) is 36.0 Å². The number of carbonyl (C=O) groups is 1. The van der Waals surface area contributed by atoms with Gasteiger partial charge in [0.05, 0.1) is 20.6 Å². The van der Waals surface area contributed by atoms with Crippen molar-refractivity contribution in [3.63, 3.8) is 0 Å². The molecule has 1 unspecified atom stereocenters. The molecule has 21 heavy (non-hydrogen) atoms. The third kappa shape index (κ3) is 3.68. The predicted molar refractivity (Wildman–Crippen MR) is 83.0 cm³/mol. The summed E-state index contributed by atoms with van der Waals surface area (Å²) >= 11 is 3.53. The van der Waals surface area contributed by atoms with E-state index >= 15 is 0 Å². The van der Waals surface area contributed by atoms with E-state index in [1.807, 2.05) is 12.1 Å². The highest BCUT2D eigenvalue weighted by molar-refractivity contribution is 9.10. The lowest BCUT2D eigenvalue weighted by Gasteiger charge is -2.28. The van der Waals surface area contributed by atoms with Gasteiger partial charge in [0, 0.05) is 10.5 Å². The number of methoxy groups -OCH3 is 2. The van der Waals surface area contributed by atoms with Gasteiger partial charge >= 0.3 is 5.97 Å². The van der Waals surface area contributed by atoms with Crippen molar-refractivity contribution in [1.29, 1.82) is 0 Å². The average molecular weight is 358 g/mol. The largest absolute Gasteiger partial charge is 0.493 e. The second-order valence-electron chi connectivity index (χ2n) is 5.09. The van der Waals surface area contributed by atoms with Gasteiger partial charge in [-0.1, -0.05) is 15.9 Å². The van der Waals surface area contributed by atoms with E-state index in [-0.39, 0.29) is 12.5 Å². The van der Waals surface area contributed by atoms with Crippen LogP contribution in [0.3, 0.4) is 0 Å². The number of ether oxygens (including phenoxy) is 2. The Morgan fingerprint density at radius 2 is 1.86 bits per heavy atom. The fourth-order valence-corrected chi connectivity index (χ4v) is 3.37. The lowest BCUT2D eigenvalue weighted by atomic mass is 10.0. The SMILES string of the molecule is COc1cc(Br)c(C(CC(=O)O)N2CCCC2)cc1OC. The van der Waals surface area contributed by atoms with Gasteiger partial charge in [0.15, 0.2) is 11.5 Å². The van der Waals surface area contributed by atoms with E-state index < -0.39 is 5.97 Å². The number of hydrogen-bond acceptors (Lipinski definition) is 4. The number of hydrogen-bond donors (Lipinski definition) is 1. The van der Waals surface area contributed by atoms with Gasteiger partial charge in [-0.15, -0.1) is 0 Å². The molecule has 6 heteroatoms. The van der Waals surface area contributed by atoms with Gasteiger partial charge in [-0.2, -0.15) is 0 Å². The first-order valence-electron chi connectivity index (χ1n) is 6.94. The number of carboxylic acid groups (broad SMARTS) is 1. The Bertz CT molecular complexity index is 515. The predicted octanol–water partition coefficient (Wildman–Crippen LogP) is 3.08. The molecule has 5 nitrogen and oxygen atoms in total. The first-order chi connectivity index (χ1) is 10.1. The third-order valence-corrected chi connectivity index (χ3v) is 4.50. The first-order valence-corrected chi connectivity index (χ1v) is 7.73. The second-order valence-corrected chi connectivity index (χ2v) is 5.94. The summed E-state index contributed by atoms with van der Waals surface area (Å²) in [5, 5.41) is 9.23. The summed E-state index contributed by atoms with van der Waals surface area (Å²) in [5.41, 5.74) is 0.928. The van der Waals surface area contributed by atoms with Crippen LogP contribution in [0.5, 0.6) is 11.5 Å². The fourth-order valence-electron chi connectivity index (χ4n) is 2.78. The lowest BCUT2D eigenvalue weighted by Crippen LogP contribution is -2.28. The van der Waals surface area contributed by atoms with Crippen LogP contribution in [0.4, 0.5) is 0 Å². The van der Waals surface area contributed by atoms with E-state index in [9.17, 15) is 9.90 Å². The normalized spacial score (nSPS) is 16.7. The number of aliphatic carboxylic acids is 1. The molecule has 1 atom stereocenters. The molecule has 0 saturated carbocycles. The van der Waals surface area contributed by atoms with Crippen LogP contribution in [0, 0.1) is 0 Å². The van der Waals surface area contributed by atoms with Crippen molar-refractivity contribution in [2.45, 2.75) is 25.3 Å². The van der Waals surface area contributed by atoms with E-state index in [4.69, 9.17) is 9.47 Å².